The summed E-state index contributed by atoms with van der Waals surface area (Å²) in [6.07, 6.45) is 3.93. The smallest absolute Gasteiger partial charge is 0.340 e. The van der Waals surface area contributed by atoms with E-state index in [0.29, 0.717) is 23.0 Å². The normalized spacial score (nSPS) is 19.6. The molecule has 1 saturated heterocycles. The lowest BCUT2D eigenvalue weighted by Gasteiger charge is -2.29. The molecule has 1 aliphatic rings. The van der Waals surface area contributed by atoms with Crippen molar-refractivity contribution in [3.8, 4) is 0 Å². The van der Waals surface area contributed by atoms with Gasteiger partial charge in [-0.1, -0.05) is 0 Å². The number of hydrogen-bond acceptors (Lipinski definition) is 6. The number of nitrogen functional groups attached to an aromatic ring is 1. The molecular formula is C14H22N4O2. The van der Waals surface area contributed by atoms with Crippen molar-refractivity contribution in [3.05, 3.63) is 17.8 Å². The van der Waals surface area contributed by atoms with Gasteiger partial charge in [-0.25, -0.2) is 9.78 Å². The molecule has 0 aliphatic carbocycles. The number of carbonyl (C=O) groups is 1. The van der Waals surface area contributed by atoms with Gasteiger partial charge in [0.2, 0.25) is 0 Å². The SMILES string of the molecule is COC(=O)c1cc(NCC2CCCN(C)C2)ncc1N. The van der Waals surface area contributed by atoms with Crippen LogP contribution >= 0.6 is 0 Å². The van der Waals surface area contributed by atoms with Gasteiger partial charge in [-0.15, -0.1) is 0 Å². The first kappa shape index (κ1) is 14.6. The zero-order valence-electron chi connectivity index (χ0n) is 12.1. The summed E-state index contributed by atoms with van der Waals surface area (Å²) in [5.74, 6) is 0.827. The molecule has 1 aliphatic heterocycles. The molecule has 0 amide bonds. The average molecular weight is 278 g/mol. The van der Waals surface area contributed by atoms with Gasteiger partial charge in [0.15, 0.2) is 0 Å². The number of methoxy groups -OCH3 is 1. The largest absolute Gasteiger partial charge is 0.465 e. The van der Waals surface area contributed by atoms with Crippen molar-refractivity contribution in [3.63, 3.8) is 0 Å². The molecule has 0 bridgehead atoms. The Bertz CT molecular complexity index is 478. The highest BCUT2D eigenvalue weighted by molar-refractivity contribution is 5.95. The quantitative estimate of drug-likeness (QED) is 0.806. The number of piperidine rings is 1. The lowest BCUT2D eigenvalue weighted by atomic mass is 9.98. The Labute approximate surface area is 119 Å². The summed E-state index contributed by atoms with van der Waals surface area (Å²) < 4.78 is 4.70. The number of carbonyl (C=O) groups excluding carboxylic acids is 1. The molecule has 1 aromatic heterocycles. The Morgan fingerprint density at radius 3 is 3.15 bits per heavy atom. The van der Waals surface area contributed by atoms with E-state index in [1.807, 2.05) is 0 Å². The minimum Gasteiger partial charge on any atom is -0.465 e. The minimum absolute atomic E-state index is 0.333. The van der Waals surface area contributed by atoms with E-state index < -0.39 is 5.97 Å². The second kappa shape index (κ2) is 6.56. The van der Waals surface area contributed by atoms with Gasteiger partial charge in [0.25, 0.3) is 0 Å². The van der Waals surface area contributed by atoms with Crippen molar-refractivity contribution in [2.45, 2.75) is 12.8 Å². The minimum atomic E-state index is -0.439. The number of aromatic nitrogens is 1. The Kier molecular flexibility index (Phi) is 4.79. The molecule has 1 unspecified atom stereocenters. The van der Waals surface area contributed by atoms with Gasteiger partial charge in [0, 0.05) is 13.1 Å². The summed E-state index contributed by atoms with van der Waals surface area (Å²) in [5, 5.41) is 3.28. The molecule has 6 heteroatoms. The van der Waals surface area contributed by atoms with Crippen LogP contribution in [0.4, 0.5) is 11.5 Å². The topological polar surface area (TPSA) is 80.5 Å². The van der Waals surface area contributed by atoms with Crippen LogP contribution in [0.3, 0.4) is 0 Å². The van der Waals surface area contributed by atoms with Gasteiger partial charge in [-0.3, -0.25) is 0 Å². The number of ether oxygens (including phenoxy) is 1. The van der Waals surface area contributed by atoms with Gasteiger partial charge in [-0.2, -0.15) is 0 Å². The highest BCUT2D eigenvalue weighted by Gasteiger charge is 2.17. The van der Waals surface area contributed by atoms with E-state index in [2.05, 4.69) is 22.2 Å². The van der Waals surface area contributed by atoms with E-state index in [4.69, 9.17) is 10.5 Å². The van der Waals surface area contributed by atoms with Crippen LogP contribution in [0, 0.1) is 5.92 Å². The van der Waals surface area contributed by atoms with Crippen molar-refractivity contribution in [2.24, 2.45) is 5.92 Å². The number of hydrogen-bond donors (Lipinski definition) is 2. The van der Waals surface area contributed by atoms with Crippen LogP contribution in [0.2, 0.25) is 0 Å². The molecule has 0 spiro atoms. The monoisotopic (exact) mass is 278 g/mol. The highest BCUT2D eigenvalue weighted by Crippen LogP contribution is 2.18. The second-order valence-electron chi connectivity index (χ2n) is 5.30. The number of anilines is 2. The maximum absolute atomic E-state index is 11.6. The fourth-order valence-electron chi connectivity index (χ4n) is 2.54. The third kappa shape index (κ3) is 3.60. The molecule has 1 aromatic rings. The van der Waals surface area contributed by atoms with Gasteiger partial charge >= 0.3 is 5.97 Å². The van der Waals surface area contributed by atoms with E-state index in [-0.39, 0.29) is 0 Å². The van der Waals surface area contributed by atoms with Crippen molar-refractivity contribution in [1.82, 2.24) is 9.88 Å². The molecule has 1 fully saturated rings. The molecule has 1 atom stereocenters. The van der Waals surface area contributed by atoms with Crippen molar-refractivity contribution < 1.29 is 9.53 Å². The molecule has 6 nitrogen and oxygen atoms in total. The van der Waals surface area contributed by atoms with Gasteiger partial charge < -0.3 is 20.7 Å². The van der Waals surface area contributed by atoms with Crippen LogP contribution in [0.1, 0.15) is 23.2 Å². The first-order valence-corrected chi connectivity index (χ1v) is 6.86. The standard InChI is InChI=1S/C14H22N4O2/c1-18-5-3-4-10(9-18)7-16-13-6-11(14(19)20-2)12(15)8-17-13/h6,8,10H,3-5,7,9,15H2,1-2H3,(H,16,17). The van der Waals surface area contributed by atoms with Crippen LogP contribution in [-0.2, 0) is 4.74 Å². The molecule has 20 heavy (non-hydrogen) atoms. The molecule has 2 rings (SSSR count). The molecule has 110 valence electrons. The van der Waals surface area contributed by atoms with E-state index >= 15 is 0 Å². The zero-order valence-corrected chi connectivity index (χ0v) is 12.1. The van der Waals surface area contributed by atoms with E-state index in [1.165, 1.54) is 32.7 Å². The molecular weight excluding hydrogens is 256 g/mol. The maximum Gasteiger partial charge on any atom is 0.340 e. The highest BCUT2D eigenvalue weighted by atomic mass is 16.5. The van der Waals surface area contributed by atoms with E-state index in [9.17, 15) is 4.79 Å². The number of nitrogens with two attached hydrogens (primary N) is 1. The fourth-order valence-corrected chi connectivity index (χ4v) is 2.54. The zero-order chi connectivity index (χ0) is 14.5. The van der Waals surface area contributed by atoms with Gasteiger partial charge in [-0.05, 0) is 38.4 Å². The lowest BCUT2D eigenvalue weighted by Crippen LogP contribution is -2.35. The van der Waals surface area contributed by atoms with E-state index in [1.54, 1.807) is 6.07 Å². The van der Waals surface area contributed by atoms with Crippen LogP contribution in [0.15, 0.2) is 12.3 Å². The average Bonchev–Trinajstić information content (AvgIpc) is 2.45. The summed E-state index contributed by atoms with van der Waals surface area (Å²) >= 11 is 0. The number of esters is 1. The lowest BCUT2D eigenvalue weighted by molar-refractivity contribution is 0.0602. The van der Waals surface area contributed by atoms with Gasteiger partial charge in [0.05, 0.1) is 24.6 Å². The maximum atomic E-state index is 11.6. The first-order valence-electron chi connectivity index (χ1n) is 6.86. The first-order chi connectivity index (χ1) is 9.60. The Hall–Kier alpha value is -1.82. The predicted octanol–water partition coefficient (Wildman–Crippen LogP) is 1.20. The summed E-state index contributed by atoms with van der Waals surface area (Å²) in [4.78, 5) is 18.1. The van der Waals surface area contributed by atoms with Crippen molar-refractivity contribution in [2.75, 3.05) is 44.8 Å². The van der Waals surface area contributed by atoms with Crippen LogP contribution in [0.25, 0.3) is 0 Å². The Morgan fingerprint density at radius 2 is 2.45 bits per heavy atom. The number of likely N-dealkylation sites (tertiary alicyclic amines) is 1. The summed E-state index contributed by atoms with van der Waals surface area (Å²) in [6.45, 7) is 3.11. The van der Waals surface area contributed by atoms with Crippen molar-refractivity contribution >= 4 is 17.5 Å². The predicted molar refractivity (Wildman–Crippen MR) is 78.7 cm³/mol. The van der Waals surface area contributed by atoms with Crippen LogP contribution in [-0.4, -0.2) is 49.6 Å². The number of rotatable bonds is 4. The molecule has 0 saturated carbocycles. The van der Waals surface area contributed by atoms with Crippen molar-refractivity contribution in [1.29, 1.82) is 0 Å². The Balaban J connectivity index is 1.97. The van der Waals surface area contributed by atoms with E-state index in [0.717, 1.165) is 13.1 Å². The van der Waals surface area contributed by atoms with Gasteiger partial charge in [0.1, 0.15) is 5.82 Å². The Morgan fingerprint density at radius 1 is 1.65 bits per heavy atom. The molecule has 0 radical (unpaired) electrons. The molecule has 2 heterocycles. The number of nitrogens with zero attached hydrogens (tertiary/aromatic N) is 2. The molecule has 0 aromatic carbocycles. The third-order valence-corrected chi connectivity index (χ3v) is 3.63. The van der Waals surface area contributed by atoms with Crippen LogP contribution < -0.4 is 11.1 Å². The summed E-state index contributed by atoms with van der Waals surface area (Å²) in [5.41, 5.74) is 6.41. The summed E-state index contributed by atoms with van der Waals surface area (Å²) in [6, 6.07) is 1.65. The summed E-state index contributed by atoms with van der Waals surface area (Å²) in [7, 11) is 3.48. The third-order valence-electron chi connectivity index (χ3n) is 3.63. The molecule has 3 N–H and O–H groups in total. The fraction of sp³-hybridized carbons (Fsp3) is 0.571. The second-order valence-corrected chi connectivity index (χ2v) is 5.30. The number of pyridine rings is 1. The van der Waals surface area contributed by atoms with Crippen LogP contribution in [0.5, 0.6) is 0 Å². The number of nitrogens with one attached hydrogen (secondary N) is 1.